The smallest absolute Gasteiger partial charge is 0.201 e. The maximum Gasteiger partial charge on any atom is 0.201 e. The first-order valence-electron chi connectivity index (χ1n) is 5.07. The van der Waals surface area contributed by atoms with Crippen molar-refractivity contribution in [1.82, 2.24) is 9.55 Å². The topological polar surface area (TPSA) is 53.1 Å². The lowest BCUT2D eigenvalue weighted by Gasteiger charge is -2.28. The molecule has 4 heteroatoms. The van der Waals surface area contributed by atoms with Crippen molar-refractivity contribution in [3.05, 3.63) is 23.8 Å². The fourth-order valence-electron chi connectivity index (χ4n) is 1.98. The predicted molar refractivity (Wildman–Crippen MR) is 58.7 cm³/mol. The van der Waals surface area contributed by atoms with Crippen molar-refractivity contribution < 1.29 is 4.74 Å². The molecule has 0 atom stereocenters. The van der Waals surface area contributed by atoms with Crippen LogP contribution in [0.1, 0.15) is 11.6 Å². The molecule has 15 heavy (non-hydrogen) atoms. The highest BCUT2D eigenvalue weighted by molar-refractivity contribution is 5.79. The normalized spacial score (nSPS) is 16.9. The summed E-state index contributed by atoms with van der Waals surface area (Å²) in [5, 5.41) is 0. The van der Waals surface area contributed by atoms with Crippen LogP contribution in [0, 0.1) is 6.92 Å². The van der Waals surface area contributed by atoms with Gasteiger partial charge in [0.25, 0.3) is 0 Å². The van der Waals surface area contributed by atoms with E-state index in [1.807, 2.05) is 6.07 Å². The molecule has 78 valence electrons. The van der Waals surface area contributed by atoms with Crippen LogP contribution in [-0.4, -0.2) is 22.8 Å². The van der Waals surface area contributed by atoms with Gasteiger partial charge in [-0.15, -0.1) is 0 Å². The van der Waals surface area contributed by atoms with Crippen molar-refractivity contribution in [2.24, 2.45) is 0 Å². The Morgan fingerprint density at radius 2 is 2.27 bits per heavy atom. The third kappa shape index (κ3) is 1.22. The summed E-state index contributed by atoms with van der Waals surface area (Å²) in [6.07, 6.45) is 0. The molecule has 0 amide bonds. The zero-order valence-corrected chi connectivity index (χ0v) is 8.60. The van der Waals surface area contributed by atoms with Gasteiger partial charge in [-0.1, -0.05) is 6.07 Å². The number of fused-ring (bicyclic) bond motifs is 1. The van der Waals surface area contributed by atoms with Crippen LogP contribution in [0.2, 0.25) is 0 Å². The Labute approximate surface area is 87.7 Å². The number of hydrogen-bond acceptors (Lipinski definition) is 3. The minimum Gasteiger partial charge on any atom is -0.377 e. The largest absolute Gasteiger partial charge is 0.377 e. The lowest BCUT2D eigenvalue weighted by molar-refractivity contribution is -0.0206. The molecule has 3 rings (SSSR count). The van der Waals surface area contributed by atoms with Gasteiger partial charge in [0.05, 0.1) is 30.3 Å². The van der Waals surface area contributed by atoms with Gasteiger partial charge in [0, 0.05) is 0 Å². The van der Waals surface area contributed by atoms with Crippen LogP contribution in [-0.2, 0) is 4.74 Å². The maximum absolute atomic E-state index is 5.91. The van der Waals surface area contributed by atoms with Crippen molar-refractivity contribution in [3.63, 3.8) is 0 Å². The molecule has 0 spiro atoms. The summed E-state index contributed by atoms with van der Waals surface area (Å²) in [6, 6.07) is 6.54. The second-order valence-corrected chi connectivity index (χ2v) is 4.02. The Kier molecular flexibility index (Phi) is 1.73. The van der Waals surface area contributed by atoms with Crippen LogP contribution in [0.15, 0.2) is 18.2 Å². The van der Waals surface area contributed by atoms with Gasteiger partial charge in [-0.3, -0.25) is 0 Å². The summed E-state index contributed by atoms with van der Waals surface area (Å²) in [5.41, 5.74) is 9.21. The molecule has 4 nitrogen and oxygen atoms in total. The second kappa shape index (κ2) is 2.97. The number of benzene rings is 1. The zero-order valence-electron chi connectivity index (χ0n) is 8.60. The minimum absolute atomic E-state index is 0.358. The lowest BCUT2D eigenvalue weighted by Crippen LogP contribution is -2.31. The highest BCUT2D eigenvalue weighted by Gasteiger charge is 2.24. The van der Waals surface area contributed by atoms with E-state index in [0.29, 0.717) is 12.0 Å². The van der Waals surface area contributed by atoms with Gasteiger partial charge >= 0.3 is 0 Å². The monoisotopic (exact) mass is 203 g/mol. The van der Waals surface area contributed by atoms with Crippen molar-refractivity contribution in [1.29, 1.82) is 0 Å². The second-order valence-electron chi connectivity index (χ2n) is 4.02. The van der Waals surface area contributed by atoms with Crippen LogP contribution in [0.3, 0.4) is 0 Å². The van der Waals surface area contributed by atoms with Gasteiger partial charge < -0.3 is 15.0 Å². The Morgan fingerprint density at radius 3 is 2.93 bits per heavy atom. The standard InChI is InChI=1S/C11H13N3O/c1-7-2-3-9-10(4-7)14(11(12)13-9)8-5-15-6-8/h2-4,8H,5-6H2,1H3,(H2,12,13). The van der Waals surface area contributed by atoms with Gasteiger partial charge in [0.1, 0.15) is 0 Å². The number of aryl methyl sites for hydroxylation is 1. The van der Waals surface area contributed by atoms with Gasteiger partial charge in [-0.2, -0.15) is 0 Å². The first kappa shape index (κ1) is 8.73. The molecule has 1 aliphatic heterocycles. The average molecular weight is 203 g/mol. The van der Waals surface area contributed by atoms with Crippen molar-refractivity contribution in [2.75, 3.05) is 18.9 Å². The molecule has 1 aromatic heterocycles. The number of rotatable bonds is 1. The Balaban J connectivity index is 2.25. The summed E-state index contributed by atoms with van der Waals surface area (Å²) >= 11 is 0. The SMILES string of the molecule is Cc1ccc2nc(N)n(C3COC3)c2c1. The van der Waals surface area contributed by atoms with Crippen LogP contribution in [0.25, 0.3) is 11.0 Å². The third-order valence-corrected chi connectivity index (χ3v) is 2.86. The number of aromatic nitrogens is 2. The quantitative estimate of drug-likeness (QED) is 0.764. The van der Waals surface area contributed by atoms with E-state index < -0.39 is 0 Å². The number of imidazole rings is 1. The highest BCUT2D eigenvalue weighted by atomic mass is 16.5. The van der Waals surface area contributed by atoms with Crippen LogP contribution in [0.4, 0.5) is 5.95 Å². The molecule has 1 aliphatic rings. The van der Waals surface area contributed by atoms with E-state index in [2.05, 4.69) is 28.6 Å². The first-order valence-corrected chi connectivity index (χ1v) is 5.07. The van der Waals surface area contributed by atoms with Gasteiger partial charge in [-0.05, 0) is 24.6 Å². The number of hydrogen-bond donors (Lipinski definition) is 1. The zero-order chi connectivity index (χ0) is 10.4. The molecule has 0 radical (unpaired) electrons. The van der Waals surface area contributed by atoms with Crippen LogP contribution in [0.5, 0.6) is 0 Å². The van der Waals surface area contributed by atoms with E-state index in [9.17, 15) is 0 Å². The van der Waals surface area contributed by atoms with E-state index >= 15 is 0 Å². The van der Waals surface area contributed by atoms with E-state index in [0.717, 1.165) is 24.2 Å². The summed E-state index contributed by atoms with van der Waals surface area (Å²) < 4.78 is 7.26. The first-order chi connectivity index (χ1) is 7.25. The summed E-state index contributed by atoms with van der Waals surface area (Å²) in [5.74, 6) is 0.587. The van der Waals surface area contributed by atoms with E-state index in [1.54, 1.807) is 0 Å². The molecule has 0 bridgehead atoms. The molecule has 1 fully saturated rings. The molecule has 2 N–H and O–H groups in total. The molecule has 2 heterocycles. The number of ether oxygens (including phenoxy) is 1. The Hall–Kier alpha value is -1.55. The Morgan fingerprint density at radius 1 is 1.47 bits per heavy atom. The lowest BCUT2D eigenvalue weighted by atomic mass is 10.2. The maximum atomic E-state index is 5.91. The molecule has 1 saturated heterocycles. The summed E-state index contributed by atoms with van der Waals surface area (Å²) in [4.78, 5) is 4.34. The molecular formula is C11H13N3O. The van der Waals surface area contributed by atoms with Crippen molar-refractivity contribution >= 4 is 17.0 Å². The molecule has 1 aromatic carbocycles. The number of anilines is 1. The fourth-order valence-corrected chi connectivity index (χ4v) is 1.98. The fraction of sp³-hybridized carbons (Fsp3) is 0.364. The number of nitrogens with zero attached hydrogens (tertiary/aromatic N) is 2. The number of nitrogens with two attached hydrogens (primary N) is 1. The molecule has 0 aliphatic carbocycles. The molecule has 0 unspecified atom stereocenters. The molecule has 0 saturated carbocycles. The van der Waals surface area contributed by atoms with Crippen LogP contribution >= 0.6 is 0 Å². The number of nitrogen functional groups attached to an aromatic ring is 1. The summed E-state index contributed by atoms with van der Waals surface area (Å²) in [6.45, 7) is 3.55. The summed E-state index contributed by atoms with van der Waals surface area (Å²) in [7, 11) is 0. The third-order valence-electron chi connectivity index (χ3n) is 2.86. The Bertz CT molecular complexity index is 514. The molecule has 2 aromatic rings. The van der Waals surface area contributed by atoms with Crippen LogP contribution < -0.4 is 5.73 Å². The van der Waals surface area contributed by atoms with Crippen molar-refractivity contribution in [3.8, 4) is 0 Å². The molecular weight excluding hydrogens is 190 g/mol. The van der Waals surface area contributed by atoms with Gasteiger partial charge in [0.2, 0.25) is 5.95 Å². The highest BCUT2D eigenvalue weighted by Crippen LogP contribution is 2.27. The average Bonchev–Trinajstić information content (AvgIpc) is 2.42. The van der Waals surface area contributed by atoms with E-state index in [4.69, 9.17) is 10.5 Å². The van der Waals surface area contributed by atoms with Gasteiger partial charge in [-0.25, -0.2) is 4.98 Å². The van der Waals surface area contributed by atoms with E-state index in [-0.39, 0.29) is 0 Å². The predicted octanol–water partition coefficient (Wildman–Crippen LogP) is 1.50. The van der Waals surface area contributed by atoms with Crippen molar-refractivity contribution in [2.45, 2.75) is 13.0 Å². The van der Waals surface area contributed by atoms with Gasteiger partial charge in [0.15, 0.2) is 0 Å². The minimum atomic E-state index is 0.358. The van der Waals surface area contributed by atoms with E-state index in [1.165, 1.54) is 5.56 Å².